The Morgan fingerprint density at radius 2 is 1.69 bits per heavy atom. The van der Waals surface area contributed by atoms with E-state index in [1.807, 2.05) is 50.2 Å². The molecule has 0 aliphatic heterocycles. The van der Waals surface area contributed by atoms with Crippen LogP contribution in [0.25, 0.3) is 11.3 Å². The highest BCUT2D eigenvalue weighted by Crippen LogP contribution is 2.28. The third-order valence-electron chi connectivity index (χ3n) is 4.81. The first-order valence-electron chi connectivity index (χ1n) is 10.5. The SMILES string of the molecule is Cc1ccc(-c2nc(C)sc2CC(=O)NCc2ccccc2CS(=O)(=O)NC(C)C)cc1. The molecule has 0 atom stereocenters. The van der Waals surface area contributed by atoms with Gasteiger partial charge in [-0.25, -0.2) is 18.1 Å². The number of nitrogens with zero attached hydrogens (tertiary/aromatic N) is 1. The number of thiazole rings is 1. The lowest BCUT2D eigenvalue weighted by atomic mass is 10.1. The molecule has 2 N–H and O–H groups in total. The normalized spacial score (nSPS) is 11.7. The Hall–Kier alpha value is -2.55. The first kappa shape index (κ1) is 24.1. The molecule has 32 heavy (non-hydrogen) atoms. The minimum absolute atomic E-state index is 0.122. The van der Waals surface area contributed by atoms with Crippen LogP contribution >= 0.6 is 11.3 Å². The van der Waals surface area contributed by atoms with Crippen molar-refractivity contribution < 1.29 is 13.2 Å². The van der Waals surface area contributed by atoms with Crippen LogP contribution in [-0.4, -0.2) is 25.4 Å². The zero-order valence-electron chi connectivity index (χ0n) is 18.8. The number of rotatable bonds is 9. The summed E-state index contributed by atoms with van der Waals surface area (Å²) in [7, 11) is -3.45. The molecule has 0 saturated carbocycles. The van der Waals surface area contributed by atoms with Crippen LogP contribution in [0.3, 0.4) is 0 Å². The summed E-state index contributed by atoms with van der Waals surface area (Å²) in [4.78, 5) is 18.3. The van der Waals surface area contributed by atoms with E-state index in [0.717, 1.165) is 26.7 Å². The lowest BCUT2D eigenvalue weighted by Crippen LogP contribution is -2.32. The van der Waals surface area contributed by atoms with Gasteiger partial charge in [0.2, 0.25) is 15.9 Å². The number of aromatic nitrogens is 1. The minimum atomic E-state index is -3.45. The van der Waals surface area contributed by atoms with E-state index in [2.05, 4.69) is 15.0 Å². The van der Waals surface area contributed by atoms with Crippen molar-refractivity contribution in [3.8, 4) is 11.3 Å². The van der Waals surface area contributed by atoms with Gasteiger partial charge >= 0.3 is 0 Å². The zero-order chi connectivity index (χ0) is 23.3. The number of sulfonamides is 1. The number of benzene rings is 2. The van der Waals surface area contributed by atoms with Crippen molar-refractivity contribution in [2.24, 2.45) is 0 Å². The fourth-order valence-corrected chi connectivity index (χ4v) is 5.85. The summed E-state index contributed by atoms with van der Waals surface area (Å²) < 4.78 is 27.3. The number of carbonyl (C=O) groups is 1. The van der Waals surface area contributed by atoms with Crippen molar-refractivity contribution in [3.63, 3.8) is 0 Å². The van der Waals surface area contributed by atoms with Crippen LogP contribution in [0.5, 0.6) is 0 Å². The molecule has 170 valence electrons. The van der Waals surface area contributed by atoms with Crippen LogP contribution in [0.15, 0.2) is 48.5 Å². The molecule has 0 aliphatic rings. The van der Waals surface area contributed by atoms with E-state index in [4.69, 9.17) is 0 Å². The molecule has 0 unspecified atom stereocenters. The van der Waals surface area contributed by atoms with Gasteiger partial charge in [0.05, 0.1) is 22.9 Å². The quantitative estimate of drug-likeness (QED) is 0.492. The van der Waals surface area contributed by atoms with Gasteiger partial charge in [0.25, 0.3) is 0 Å². The molecule has 1 heterocycles. The summed E-state index contributed by atoms with van der Waals surface area (Å²) in [6, 6.07) is 15.2. The maximum atomic E-state index is 12.7. The Labute approximate surface area is 194 Å². The molecule has 0 saturated heterocycles. The summed E-state index contributed by atoms with van der Waals surface area (Å²) in [5, 5.41) is 3.85. The maximum Gasteiger partial charge on any atom is 0.225 e. The molecular weight excluding hydrogens is 442 g/mol. The maximum absolute atomic E-state index is 12.7. The van der Waals surface area contributed by atoms with Crippen LogP contribution in [0, 0.1) is 13.8 Å². The topological polar surface area (TPSA) is 88.2 Å². The lowest BCUT2D eigenvalue weighted by molar-refractivity contribution is -0.120. The molecule has 0 fully saturated rings. The van der Waals surface area contributed by atoms with E-state index in [-0.39, 0.29) is 30.7 Å². The monoisotopic (exact) mass is 471 g/mol. The molecule has 0 bridgehead atoms. The lowest BCUT2D eigenvalue weighted by Gasteiger charge is -2.13. The fourth-order valence-electron chi connectivity index (χ4n) is 3.40. The summed E-state index contributed by atoms with van der Waals surface area (Å²) >= 11 is 1.52. The predicted molar refractivity (Wildman–Crippen MR) is 130 cm³/mol. The second-order valence-corrected chi connectivity index (χ2v) is 11.2. The van der Waals surface area contributed by atoms with Crippen molar-refractivity contribution in [3.05, 3.63) is 75.1 Å². The molecule has 8 heteroatoms. The van der Waals surface area contributed by atoms with Gasteiger partial charge < -0.3 is 5.32 Å². The van der Waals surface area contributed by atoms with E-state index in [1.54, 1.807) is 26.0 Å². The second kappa shape index (κ2) is 10.4. The molecular formula is C24H29N3O3S2. The Kier molecular flexibility index (Phi) is 7.82. The average Bonchev–Trinajstić information content (AvgIpc) is 3.06. The molecule has 0 radical (unpaired) electrons. The van der Waals surface area contributed by atoms with Crippen LogP contribution < -0.4 is 10.0 Å². The van der Waals surface area contributed by atoms with Gasteiger partial charge in [-0.3, -0.25) is 4.79 Å². The van der Waals surface area contributed by atoms with Crippen molar-refractivity contribution in [1.82, 2.24) is 15.0 Å². The molecule has 0 spiro atoms. The molecule has 3 aromatic rings. The number of aryl methyl sites for hydroxylation is 2. The molecule has 1 aromatic heterocycles. The largest absolute Gasteiger partial charge is 0.352 e. The van der Waals surface area contributed by atoms with E-state index in [0.29, 0.717) is 5.56 Å². The van der Waals surface area contributed by atoms with E-state index < -0.39 is 10.0 Å². The van der Waals surface area contributed by atoms with Gasteiger partial charge in [0.1, 0.15) is 0 Å². The highest BCUT2D eigenvalue weighted by atomic mass is 32.2. The van der Waals surface area contributed by atoms with Gasteiger partial charge in [-0.1, -0.05) is 54.1 Å². The molecule has 3 rings (SSSR count). The average molecular weight is 472 g/mol. The van der Waals surface area contributed by atoms with Gasteiger partial charge in [-0.15, -0.1) is 11.3 Å². The Balaban J connectivity index is 1.69. The van der Waals surface area contributed by atoms with Crippen molar-refractivity contribution in [2.45, 2.75) is 52.5 Å². The van der Waals surface area contributed by atoms with Crippen molar-refractivity contribution >= 4 is 27.3 Å². The summed E-state index contributed by atoms with van der Waals surface area (Å²) in [5.74, 6) is -0.247. The highest BCUT2D eigenvalue weighted by Gasteiger charge is 2.17. The van der Waals surface area contributed by atoms with Crippen LogP contribution in [0.4, 0.5) is 0 Å². The molecule has 6 nitrogen and oxygen atoms in total. The Morgan fingerprint density at radius 3 is 2.34 bits per heavy atom. The minimum Gasteiger partial charge on any atom is -0.352 e. The molecule has 0 aliphatic carbocycles. The van der Waals surface area contributed by atoms with Crippen LogP contribution in [-0.2, 0) is 33.5 Å². The predicted octanol–water partition coefficient (Wildman–Crippen LogP) is 4.11. The molecule has 2 aromatic carbocycles. The number of amides is 1. The van der Waals surface area contributed by atoms with E-state index >= 15 is 0 Å². The summed E-state index contributed by atoms with van der Waals surface area (Å²) in [5.41, 5.74) is 4.47. The van der Waals surface area contributed by atoms with Crippen molar-refractivity contribution in [1.29, 1.82) is 0 Å². The second-order valence-electron chi connectivity index (χ2n) is 8.12. The first-order valence-corrected chi connectivity index (χ1v) is 13.0. The standard InChI is InChI=1S/C24H29N3O3S2/c1-16(2)27-32(29,30)15-21-8-6-5-7-20(21)14-25-23(28)13-22-24(26-18(4)31-22)19-11-9-17(3)10-12-19/h5-12,16,27H,13-15H2,1-4H3,(H,25,28). The van der Waals surface area contributed by atoms with Crippen LogP contribution in [0.2, 0.25) is 0 Å². The zero-order valence-corrected chi connectivity index (χ0v) is 20.4. The van der Waals surface area contributed by atoms with E-state index in [1.165, 1.54) is 16.9 Å². The van der Waals surface area contributed by atoms with Gasteiger partial charge in [0, 0.05) is 23.0 Å². The van der Waals surface area contributed by atoms with Gasteiger partial charge in [-0.2, -0.15) is 0 Å². The third kappa shape index (κ3) is 6.72. The van der Waals surface area contributed by atoms with E-state index in [9.17, 15) is 13.2 Å². The van der Waals surface area contributed by atoms with Gasteiger partial charge in [-0.05, 0) is 38.8 Å². The summed E-state index contributed by atoms with van der Waals surface area (Å²) in [6.45, 7) is 7.81. The summed E-state index contributed by atoms with van der Waals surface area (Å²) in [6.07, 6.45) is 0.226. The van der Waals surface area contributed by atoms with Crippen LogP contribution in [0.1, 0.15) is 40.4 Å². The number of hydrogen-bond acceptors (Lipinski definition) is 5. The fraction of sp³-hybridized carbons (Fsp3) is 0.333. The Bertz CT molecular complexity index is 1180. The van der Waals surface area contributed by atoms with Crippen molar-refractivity contribution in [2.75, 3.05) is 0 Å². The molecule has 1 amide bonds. The smallest absolute Gasteiger partial charge is 0.225 e. The van der Waals surface area contributed by atoms with Gasteiger partial charge in [0.15, 0.2) is 0 Å². The number of nitrogens with one attached hydrogen (secondary N) is 2. The number of hydrogen-bond donors (Lipinski definition) is 2. The highest BCUT2D eigenvalue weighted by molar-refractivity contribution is 7.88. The Morgan fingerprint density at radius 1 is 1.03 bits per heavy atom. The first-order chi connectivity index (χ1) is 15.1. The third-order valence-corrected chi connectivity index (χ3v) is 7.30. The number of carbonyl (C=O) groups excluding carboxylic acids is 1.